The summed E-state index contributed by atoms with van der Waals surface area (Å²) in [7, 11) is 3.78. The first-order valence-corrected chi connectivity index (χ1v) is 11.0. The lowest BCUT2D eigenvalue weighted by atomic mass is 10.1. The first-order valence-electron chi connectivity index (χ1n) is 11.0. The van der Waals surface area contributed by atoms with Crippen molar-refractivity contribution in [3.05, 3.63) is 71.8 Å². The third-order valence-corrected chi connectivity index (χ3v) is 5.87. The average molecular weight is 424 g/mol. The average Bonchev–Trinajstić information content (AvgIpc) is 3.53. The molecule has 0 aromatic heterocycles. The van der Waals surface area contributed by atoms with E-state index >= 15 is 0 Å². The van der Waals surface area contributed by atoms with E-state index in [1.807, 2.05) is 12.1 Å². The monoisotopic (exact) mass is 423 g/mol. The molecule has 2 aromatic carbocycles. The van der Waals surface area contributed by atoms with Crippen molar-refractivity contribution >= 4 is 5.69 Å². The van der Waals surface area contributed by atoms with Crippen LogP contribution in [0.15, 0.2) is 60.7 Å². The molecule has 0 amide bonds. The Balaban J connectivity index is 1.20. The molecule has 2 aliphatic heterocycles. The van der Waals surface area contributed by atoms with E-state index in [4.69, 9.17) is 9.47 Å². The van der Waals surface area contributed by atoms with Gasteiger partial charge in [0, 0.05) is 25.2 Å². The van der Waals surface area contributed by atoms with Crippen molar-refractivity contribution in [2.24, 2.45) is 0 Å². The third-order valence-electron chi connectivity index (χ3n) is 5.87. The number of hydrogen-bond donors (Lipinski definition) is 2. The smallest absolute Gasteiger partial charge is 0.158 e. The predicted molar refractivity (Wildman–Crippen MR) is 123 cm³/mol. The highest BCUT2D eigenvalue weighted by molar-refractivity contribution is 5.46. The third kappa shape index (κ3) is 6.31. The highest BCUT2D eigenvalue weighted by atomic mass is 16.6. The van der Waals surface area contributed by atoms with E-state index in [-0.39, 0.29) is 12.3 Å². The Kier molecular flexibility index (Phi) is 7.25. The standard InChI is InChI=1S/C25H33N3O3/c1-27-15-4-16-28(18-27)24(29)17-20-7-11-21(12-8-20)26-25-23(31-25)6-3-5-19-9-13-22(30-2)14-10-19/h3,6-14,23-26,29H,4-5,15-18H2,1-2H3/b6-3+/t23-,24?,25?/m0/s1. The molecule has 31 heavy (non-hydrogen) atoms. The Bertz CT molecular complexity index is 853. The van der Waals surface area contributed by atoms with Gasteiger partial charge in [-0.15, -0.1) is 0 Å². The fourth-order valence-electron chi connectivity index (χ4n) is 3.97. The summed E-state index contributed by atoms with van der Waals surface area (Å²) in [6.45, 7) is 2.88. The van der Waals surface area contributed by atoms with Gasteiger partial charge in [0.05, 0.1) is 13.8 Å². The summed E-state index contributed by atoms with van der Waals surface area (Å²) in [5.74, 6) is 0.877. The van der Waals surface area contributed by atoms with Crippen LogP contribution in [0, 0.1) is 0 Å². The Morgan fingerprint density at radius 2 is 1.87 bits per heavy atom. The Morgan fingerprint density at radius 1 is 1.13 bits per heavy atom. The van der Waals surface area contributed by atoms with E-state index in [9.17, 15) is 5.11 Å². The zero-order chi connectivity index (χ0) is 21.6. The number of hydrogen-bond acceptors (Lipinski definition) is 6. The van der Waals surface area contributed by atoms with Gasteiger partial charge in [0.1, 0.15) is 18.1 Å². The summed E-state index contributed by atoms with van der Waals surface area (Å²) in [5.41, 5.74) is 3.42. The van der Waals surface area contributed by atoms with Gasteiger partial charge in [-0.2, -0.15) is 0 Å². The molecule has 6 nitrogen and oxygen atoms in total. The number of nitrogens with zero attached hydrogens (tertiary/aromatic N) is 2. The molecule has 2 aliphatic rings. The van der Waals surface area contributed by atoms with E-state index in [0.717, 1.165) is 49.6 Å². The van der Waals surface area contributed by atoms with Gasteiger partial charge in [-0.1, -0.05) is 36.4 Å². The molecule has 3 atom stereocenters. The van der Waals surface area contributed by atoms with Crippen LogP contribution in [0.4, 0.5) is 5.69 Å². The van der Waals surface area contributed by atoms with Crippen LogP contribution in [0.25, 0.3) is 0 Å². The lowest BCUT2D eigenvalue weighted by molar-refractivity contribution is -0.0435. The second-order valence-corrected chi connectivity index (χ2v) is 8.41. The number of epoxide rings is 1. The van der Waals surface area contributed by atoms with Gasteiger partial charge in [0.2, 0.25) is 0 Å². The van der Waals surface area contributed by atoms with E-state index in [1.54, 1.807) is 7.11 Å². The summed E-state index contributed by atoms with van der Waals surface area (Å²) >= 11 is 0. The molecule has 0 saturated carbocycles. The number of rotatable bonds is 9. The van der Waals surface area contributed by atoms with E-state index in [0.29, 0.717) is 6.42 Å². The Morgan fingerprint density at radius 3 is 2.58 bits per heavy atom. The SMILES string of the molecule is COc1ccc(C/C=C/[C@@H]2OC2Nc2ccc(CC(O)N3CCCN(C)C3)cc2)cc1. The van der Waals surface area contributed by atoms with E-state index in [2.05, 4.69) is 70.7 Å². The molecule has 2 fully saturated rings. The molecule has 2 saturated heterocycles. The van der Waals surface area contributed by atoms with Crippen LogP contribution in [0.1, 0.15) is 17.5 Å². The van der Waals surface area contributed by atoms with Gasteiger partial charge in [-0.05, 0) is 55.3 Å². The Hall–Kier alpha value is -2.38. The predicted octanol–water partition coefficient (Wildman–Crippen LogP) is 3.09. The van der Waals surface area contributed by atoms with Gasteiger partial charge in [0.25, 0.3) is 0 Å². The molecule has 0 bridgehead atoms. The van der Waals surface area contributed by atoms with Crippen molar-refractivity contribution in [1.29, 1.82) is 0 Å². The lowest BCUT2D eigenvalue weighted by Crippen LogP contribution is -2.48. The molecular weight excluding hydrogens is 390 g/mol. The molecular formula is C25H33N3O3. The van der Waals surface area contributed by atoms with Crippen LogP contribution in [-0.2, 0) is 17.6 Å². The number of nitrogens with one attached hydrogen (secondary N) is 1. The first-order chi connectivity index (χ1) is 15.1. The maximum absolute atomic E-state index is 10.5. The number of ether oxygens (including phenoxy) is 2. The largest absolute Gasteiger partial charge is 0.497 e. The summed E-state index contributed by atoms with van der Waals surface area (Å²) in [5, 5.41) is 14.0. The maximum Gasteiger partial charge on any atom is 0.158 e. The number of aliphatic hydroxyl groups excluding tert-OH is 1. The first kappa shape index (κ1) is 21.8. The minimum absolute atomic E-state index is 0.0208. The second-order valence-electron chi connectivity index (χ2n) is 8.41. The summed E-state index contributed by atoms with van der Waals surface area (Å²) < 4.78 is 10.9. The number of allylic oxidation sites excluding steroid dienone is 1. The molecule has 2 aromatic rings. The molecule has 0 aliphatic carbocycles. The van der Waals surface area contributed by atoms with Crippen LogP contribution in [0.5, 0.6) is 5.75 Å². The van der Waals surface area contributed by atoms with Crippen LogP contribution < -0.4 is 10.1 Å². The second kappa shape index (κ2) is 10.3. The van der Waals surface area contributed by atoms with Gasteiger partial charge in [-0.25, -0.2) is 0 Å². The zero-order valence-corrected chi connectivity index (χ0v) is 18.4. The van der Waals surface area contributed by atoms with Gasteiger partial charge in [-0.3, -0.25) is 9.80 Å². The Labute approximate surface area is 185 Å². The van der Waals surface area contributed by atoms with Crippen LogP contribution in [-0.4, -0.2) is 67.4 Å². The van der Waals surface area contributed by atoms with Crippen molar-refractivity contribution in [2.75, 3.05) is 39.2 Å². The summed E-state index contributed by atoms with van der Waals surface area (Å²) in [6.07, 6.45) is 6.58. The molecule has 6 heteroatoms. The molecule has 2 unspecified atom stereocenters. The van der Waals surface area contributed by atoms with Gasteiger partial charge >= 0.3 is 0 Å². The van der Waals surface area contributed by atoms with Crippen molar-refractivity contribution in [3.8, 4) is 5.75 Å². The van der Waals surface area contributed by atoms with Crippen molar-refractivity contribution in [1.82, 2.24) is 9.80 Å². The fraction of sp³-hybridized carbons (Fsp3) is 0.440. The molecule has 166 valence electrons. The molecule has 0 radical (unpaired) electrons. The number of anilines is 1. The normalized spacial score (nSPS) is 23.1. The quantitative estimate of drug-likeness (QED) is 0.478. The highest BCUT2D eigenvalue weighted by Gasteiger charge is 2.36. The fourth-order valence-corrected chi connectivity index (χ4v) is 3.97. The zero-order valence-electron chi connectivity index (χ0n) is 18.4. The van der Waals surface area contributed by atoms with Crippen molar-refractivity contribution < 1.29 is 14.6 Å². The van der Waals surface area contributed by atoms with Gasteiger partial charge in [0.15, 0.2) is 6.23 Å². The summed E-state index contributed by atoms with van der Waals surface area (Å²) in [6, 6.07) is 16.4. The summed E-state index contributed by atoms with van der Waals surface area (Å²) in [4.78, 5) is 4.38. The maximum atomic E-state index is 10.5. The number of benzene rings is 2. The minimum Gasteiger partial charge on any atom is -0.497 e. The van der Waals surface area contributed by atoms with E-state index < -0.39 is 6.23 Å². The number of methoxy groups -OCH3 is 1. The van der Waals surface area contributed by atoms with Crippen LogP contribution >= 0.6 is 0 Å². The minimum atomic E-state index is -0.437. The lowest BCUT2D eigenvalue weighted by Gasteiger charge is -2.36. The molecule has 0 spiro atoms. The highest BCUT2D eigenvalue weighted by Crippen LogP contribution is 2.26. The van der Waals surface area contributed by atoms with Crippen LogP contribution in [0.2, 0.25) is 0 Å². The molecule has 4 rings (SSSR count). The van der Waals surface area contributed by atoms with E-state index in [1.165, 1.54) is 5.56 Å². The van der Waals surface area contributed by atoms with Crippen LogP contribution in [0.3, 0.4) is 0 Å². The molecule has 2 N–H and O–H groups in total. The topological polar surface area (TPSA) is 60.5 Å². The van der Waals surface area contributed by atoms with Crippen molar-refractivity contribution in [3.63, 3.8) is 0 Å². The van der Waals surface area contributed by atoms with Crippen molar-refractivity contribution in [2.45, 2.75) is 37.8 Å². The molecule has 2 heterocycles. The van der Waals surface area contributed by atoms with Gasteiger partial charge < -0.3 is 19.9 Å². The number of aliphatic hydroxyl groups is 1.